The van der Waals surface area contributed by atoms with Crippen LogP contribution in [0.25, 0.3) is 22.3 Å². The first kappa shape index (κ1) is 22.3. The number of anilines is 1. The first-order chi connectivity index (χ1) is 17.0. The fraction of sp³-hybridized carbons (Fsp3) is 0.192. The number of carbonyl (C=O) groups excluding carboxylic acids is 2. The molecule has 0 bridgehead atoms. The summed E-state index contributed by atoms with van der Waals surface area (Å²) in [5.41, 5.74) is 3.67. The summed E-state index contributed by atoms with van der Waals surface area (Å²) in [6, 6.07) is 19.6. The van der Waals surface area contributed by atoms with E-state index in [0.717, 1.165) is 23.2 Å². The molecule has 1 fully saturated rings. The van der Waals surface area contributed by atoms with Crippen LogP contribution in [-0.2, 0) is 16.0 Å². The molecule has 1 aliphatic heterocycles. The van der Waals surface area contributed by atoms with Gasteiger partial charge in [-0.15, -0.1) is 0 Å². The van der Waals surface area contributed by atoms with Crippen molar-refractivity contribution in [1.82, 2.24) is 14.9 Å². The van der Waals surface area contributed by atoms with Crippen molar-refractivity contribution in [2.45, 2.75) is 25.3 Å². The summed E-state index contributed by atoms with van der Waals surface area (Å²) in [5, 5.41) is 14.6. The van der Waals surface area contributed by atoms with Gasteiger partial charge in [-0.1, -0.05) is 42.5 Å². The lowest BCUT2D eigenvalue weighted by Crippen LogP contribution is -2.43. The molecule has 2 N–H and O–H groups in total. The van der Waals surface area contributed by atoms with E-state index in [4.69, 9.17) is 0 Å². The van der Waals surface area contributed by atoms with Gasteiger partial charge in [0.1, 0.15) is 17.9 Å². The average molecular weight is 470 g/mol. The Kier molecular flexibility index (Phi) is 5.97. The van der Waals surface area contributed by atoms with Crippen molar-refractivity contribution < 1.29 is 14.5 Å². The molecule has 5 rings (SSSR count). The number of hydrogen-bond donors (Lipinski definition) is 2. The van der Waals surface area contributed by atoms with E-state index in [1.165, 1.54) is 12.3 Å². The van der Waals surface area contributed by atoms with Crippen LogP contribution in [0, 0.1) is 10.1 Å². The van der Waals surface area contributed by atoms with E-state index in [1.54, 1.807) is 23.1 Å². The van der Waals surface area contributed by atoms with E-state index < -0.39 is 11.0 Å². The maximum atomic E-state index is 13.0. The van der Waals surface area contributed by atoms with Crippen LogP contribution < -0.4 is 5.32 Å². The zero-order valence-electron chi connectivity index (χ0n) is 18.8. The molecule has 2 aromatic carbocycles. The molecule has 0 radical (unpaired) electrons. The number of nitrogens with one attached hydrogen (secondary N) is 2. The van der Waals surface area contributed by atoms with Crippen LogP contribution in [0.4, 0.5) is 11.4 Å². The molecular formula is C26H23N5O4. The highest BCUT2D eigenvalue weighted by Crippen LogP contribution is 2.27. The lowest BCUT2D eigenvalue weighted by Gasteiger charge is -2.24. The zero-order valence-corrected chi connectivity index (χ0v) is 18.8. The maximum Gasteiger partial charge on any atom is 0.288 e. The Morgan fingerprint density at radius 3 is 2.63 bits per heavy atom. The molecular weight excluding hydrogens is 446 g/mol. The lowest BCUT2D eigenvalue weighted by molar-refractivity contribution is -0.385. The number of amides is 2. The molecule has 1 saturated heterocycles. The number of H-pyrrole nitrogens is 1. The van der Waals surface area contributed by atoms with Crippen LogP contribution in [0.1, 0.15) is 18.4 Å². The Balaban J connectivity index is 1.26. The number of pyridine rings is 1. The minimum Gasteiger partial charge on any atom is -0.339 e. The molecule has 9 heteroatoms. The van der Waals surface area contributed by atoms with E-state index in [1.807, 2.05) is 42.5 Å². The topological polar surface area (TPSA) is 121 Å². The second kappa shape index (κ2) is 9.38. The number of benzene rings is 2. The van der Waals surface area contributed by atoms with Gasteiger partial charge in [-0.3, -0.25) is 19.7 Å². The molecule has 0 saturated carbocycles. The van der Waals surface area contributed by atoms with Gasteiger partial charge < -0.3 is 15.2 Å². The molecule has 0 unspecified atom stereocenters. The normalized spacial score (nSPS) is 15.3. The van der Waals surface area contributed by atoms with Crippen molar-refractivity contribution in [3.63, 3.8) is 0 Å². The first-order valence-electron chi connectivity index (χ1n) is 11.4. The molecule has 4 aromatic rings. The number of hydrogen-bond acceptors (Lipinski definition) is 5. The molecule has 0 aliphatic carbocycles. The van der Waals surface area contributed by atoms with Crippen molar-refractivity contribution in [3.05, 3.63) is 88.6 Å². The van der Waals surface area contributed by atoms with Gasteiger partial charge in [-0.05, 0) is 42.2 Å². The number of rotatable bonds is 6. The Labute approximate surface area is 200 Å². The van der Waals surface area contributed by atoms with Crippen molar-refractivity contribution in [3.8, 4) is 11.3 Å². The quantitative estimate of drug-likeness (QED) is 0.322. The smallest absolute Gasteiger partial charge is 0.288 e. The number of likely N-dealkylation sites (tertiary alicyclic amines) is 1. The van der Waals surface area contributed by atoms with Crippen LogP contribution in [0.3, 0.4) is 0 Å². The summed E-state index contributed by atoms with van der Waals surface area (Å²) < 4.78 is 0. The number of fused-ring (bicyclic) bond motifs is 1. The lowest BCUT2D eigenvalue weighted by atomic mass is 10.1. The maximum absolute atomic E-state index is 13.0. The average Bonchev–Trinajstić information content (AvgIpc) is 3.52. The van der Waals surface area contributed by atoms with E-state index >= 15 is 0 Å². The fourth-order valence-electron chi connectivity index (χ4n) is 4.43. The zero-order chi connectivity index (χ0) is 24.4. The van der Waals surface area contributed by atoms with Gasteiger partial charge in [0.25, 0.3) is 5.69 Å². The monoisotopic (exact) mass is 469 g/mol. The second-order valence-corrected chi connectivity index (χ2v) is 8.55. The fourth-order valence-corrected chi connectivity index (χ4v) is 4.43. The van der Waals surface area contributed by atoms with Gasteiger partial charge in [0.15, 0.2) is 0 Å². The minimum atomic E-state index is -0.485. The molecule has 2 amide bonds. The highest BCUT2D eigenvalue weighted by molar-refractivity contribution is 5.98. The molecule has 9 nitrogen and oxygen atoms in total. The summed E-state index contributed by atoms with van der Waals surface area (Å²) in [6.07, 6.45) is 2.93. The van der Waals surface area contributed by atoms with Gasteiger partial charge in [0.2, 0.25) is 11.8 Å². The van der Waals surface area contributed by atoms with Gasteiger partial charge in [-0.2, -0.15) is 0 Å². The third-order valence-electron chi connectivity index (χ3n) is 6.20. The van der Waals surface area contributed by atoms with E-state index in [-0.39, 0.29) is 23.9 Å². The number of aromatic amines is 1. The highest BCUT2D eigenvalue weighted by atomic mass is 16.6. The van der Waals surface area contributed by atoms with Crippen LogP contribution in [0.5, 0.6) is 0 Å². The summed E-state index contributed by atoms with van der Waals surface area (Å²) >= 11 is 0. The van der Waals surface area contributed by atoms with Gasteiger partial charge in [-0.25, -0.2) is 4.98 Å². The Morgan fingerprint density at radius 2 is 1.89 bits per heavy atom. The highest BCUT2D eigenvalue weighted by Gasteiger charge is 2.33. The van der Waals surface area contributed by atoms with Gasteiger partial charge in [0.05, 0.1) is 11.3 Å². The predicted molar refractivity (Wildman–Crippen MR) is 132 cm³/mol. The summed E-state index contributed by atoms with van der Waals surface area (Å²) in [7, 11) is 0. The Morgan fingerprint density at radius 1 is 1.11 bits per heavy atom. The largest absolute Gasteiger partial charge is 0.339 e. The van der Waals surface area contributed by atoms with Crippen molar-refractivity contribution >= 4 is 34.2 Å². The molecule has 176 valence electrons. The number of carbonyl (C=O) groups is 2. The van der Waals surface area contributed by atoms with Crippen LogP contribution in [0.2, 0.25) is 0 Å². The summed E-state index contributed by atoms with van der Waals surface area (Å²) in [6.45, 7) is 0.579. The van der Waals surface area contributed by atoms with Crippen LogP contribution in [-0.4, -0.2) is 44.2 Å². The number of aromatic nitrogens is 2. The second-order valence-electron chi connectivity index (χ2n) is 8.55. The van der Waals surface area contributed by atoms with Gasteiger partial charge >= 0.3 is 0 Å². The van der Waals surface area contributed by atoms with Crippen molar-refractivity contribution in [2.75, 3.05) is 11.9 Å². The number of nitrogens with zero attached hydrogens (tertiary/aromatic N) is 3. The third kappa shape index (κ3) is 4.74. The van der Waals surface area contributed by atoms with E-state index in [2.05, 4.69) is 15.3 Å². The summed E-state index contributed by atoms with van der Waals surface area (Å²) in [4.78, 5) is 45.2. The third-order valence-corrected chi connectivity index (χ3v) is 6.20. The summed E-state index contributed by atoms with van der Waals surface area (Å²) in [5.74, 6) is -0.240. The van der Waals surface area contributed by atoms with Crippen molar-refractivity contribution in [2.24, 2.45) is 0 Å². The molecule has 0 spiro atoms. The van der Waals surface area contributed by atoms with E-state index in [9.17, 15) is 19.7 Å². The van der Waals surface area contributed by atoms with Gasteiger partial charge in [0, 0.05) is 29.4 Å². The molecule has 1 atom stereocenters. The van der Waals surface area contributed by atoms with Crippen molar-refractivity contribution in [1.29, 1.82) is 0 Å². The first-order valence-corrected chi connectivity index (χ1v) is 11.4. The standard InChI is InChI=1S/C26H23N5O4/c32-24(13-17-5-2-1-3-6-17)30-12-4-7-23(30)26(33)28-20-10-8-18(9-11-20)22-15-19-14-21(31(34)35)16-27-25(19)29-22/h1-3,5-6,8-11,14-16,23H,4,7,12-13H2,(H,27,29)(H,28,33)/t23-/m0/s1. The number of nitro groups is 1. The van der Waals surface area contributed by atoms with Crippen LogP contribution >= 0.6 is 0 Å². The Bertz CT molecular complexity index is 1400. The molecule has 1 aliphatic rings. The predicted octanol–water partition coefficient (Wildman–Crippen LogP) is 4.31. The Hall–Kier alpha value is -4.53. The molecule has 35 heavy (non-hydrogen) atoms. The molecule has 2 aromatic heterocycles. The van der Waals surface area contributed by atoms with Crippen LogP contribution in [0.15, 0.2) is 72.9 Å². The van der Waals surface area contributed by atoms with E-state index in [0.29, 0.717) is 29.7 Å². The molecule has 3 heterocycles. The SMILES string of the molecule is O=C(Nc1ccc(-c2cc3cc([N+](=O)[O-])cnc3[nH]2)cc1)[C@@H]1CCCN1C(=O)Cc1ccccc1. The minimum absolute atomic E-state index is 0.0446.